The standard InChI is InChI=1S/C52H83N7O6/c1-31(26-58-52(54)56-4)8-16-41-36-13-9-33(20-37(41)23-39(53)22-36)12-19-49-38(29-60)24-40(65-49)15-10-34-11-18-47(62)50(21-34)64-30-48(63)45-25-43-44(59-45)17-14-35-6-5-7-42(35)51(43)46(28-55-3)57-27-32(2)61/h11,18,21,24-25,31-33,35-37,39,41-42,46,48,51,55,57,59-63H,5-10,12-17,19-20,22-23,26-30,53H2,1-4H3,(H3,54,56,58)/t31-,32-,33+,35+,36+,37-,39+,41-,42-,46-,48-,51-/m0/s1. The second-order valence-electron chi connectivity index (χ2n) is 20.8. The molecule has 2 aromatic heterocycles. The Morgan fingerprint density at radius 3 is 2.57 bits per heavy atom. The summed E-state index contributed by atoms with van der Waals surface area (Å²) in [6, 6.07) is 10.0. The van der Waals surface area contributed by atoms with Gasteiger partial charge < -0.3 is 62.0 Å². The zero-order valence-corrected chi connectivity index (χ0v) is 39.9. The number of aryl methyl sites for hydroxylation is 4. The predicted molar refractivity (Wildman–Crippen MR) is 258 cm³/mol. The largest absolute Gasteiger partial charge is 0.504 e. The van der Waals surface area contributed by atoms with Gasteiger partial charge >= 0.3 is 0 Å². The van der Waals surface area contributed by atoms with Crippen LogP contribution in [0.5, 0.6) is 11.5 Å². The Balaban J connectivity index is 0.930. The first-order chi connectivity index (χ1) is 31.4. The molecule has 0 radical (unpaired) electrons. The van der Waals surface area contributed by atoms with Crippen LogP contribution in [0.4, 0.5) is 0 Å². The molecule has 4 aliphatic rings. The van der Waals surface area contributed by atoms with Crippen molar-refractivity contribution in [2.45, 2.75) is 153 Å². The van der Waals surface area contributed by atoms with Crippen molar-refractivity contribution in [1.82, 2.24) is 20.9 Å². The SMILES string of the molecule is CN=C(N)NC[C@@H](C)CC[C@H]1[C@@H]2CC[C@H](CCc3oc(CCc4ccc(O)c(OC[C@H](O)c5cc6c([nH]5)CC[C@H]5CCC[C@@H]5[C@@H]6[C@H](CNC)NC[C@H](C)O)c4)cc3CO)C[C@H]1C[C@H](N)C2. The molecule has 7 rings (SSSR count). The summed E-state index contributed by atoms with van der Waals surface area (Å²) in [4.78, 5) is 7.63. The normalized spacial score (nSPS) is 27.5. The van der Waals surface area contributed by atoms with Crippen LogP contribution in [0.15, 0.2) is 39.7 Å². The van der Waals surface area contributed by atoms with Crippen molar-refractivity contribution in [3.8, 4) is 11.5 Å². The van der Waals surface area contributed by atoms with E-state index in [0.717, 1.165) is 85.9 Å². The second kappa shape index (κ2) is 23.4. The lowest BCUT2D eigenvalue weighted by atomic mass is 9.67. The third kappa shape index (κ3) is 12.9. The zero-order chi connectivity index (χ0) is 46.0. The van der Waals surface area contributed by atoms with E-state index in [1.165, 1.54) is 62.6 Å². The Kier molecular flexibility index (Phi) is 17.8. The van der Waals surface area contributed by atoms with Crippen molar-refractivity contribution in [2.24, 2.45) is 57.9 Å². The van der Waals surface area contributed by atoms with Crippen molar-refractivity contribution < 1.29 is 29.6 Å². The number of hydrogen-bond acceptors (Lipinski definition) is 10. The summed E-state index contributed by atoms with van der Waals surface area (Å²) >= 11 is 0. The molecule has 0 saturated heterocycles. The number of H-pyrrole nitrogens is 1. The maximum Gasteiger partial charge on any atom is 0.188 e. The number of furan rings is 1. The fourth-order valence-corrected chi connectivity index (χ4v) is 12.6. The number of aromatic hydroxyl groups is 1. The van der Waals surface area contributed by atoms with E-state index >= 15 is 0 Å². The highest BCUT2D eigenvalue weighted by Gasteiger charge is 2.43. The molecule has 4 aliphatic carbocycles. The monoisotopic (exact) mass is 902 g/mol. The van der Waals surface area contributed by atoms with Crippen LogP contribution in [-0.2, 0) is 32.3 Å². The summed E-state index contributed by atoms with van der Waals surface area (Å²) in [5.41, 5.74) is 17.6. The van der Waals surface area contributed by atoms with Crippen molar-refractivity contribution in [1.29, 1.82) is 0 Å². The first kappa shape index (κ1) is 49.3. The molecule has 12 atom stereocenters. The average Bonchev–Trinajstić information content (AvgIpc) is 4.01. The lowest BCUT2D eigenvalue weighted by Gasteiger charge is -2.40. The van der Waals surface area contributed by atoms with Gasteiger partial charge in [-0.05, 0) is 161 Å². The topological polar surface area (TPSA) is 220 Å². The lowest BCUT2D eigenvalue weighted by molar-refractivity contribution is 0.103. The number of benzene rings is 1. The Hall–Kier alpha value is -3.59. The minimum atomic E-state index is -0.906. The van der Waals surface area contributed by atoms with Crippen LogP contribution in [-0.4, -0.2) is 89.9 Å². The second-order valence-corrected chi connectivity index (χ2v) is 20.8. The molecule has 1 aromatic carbocycles. The van der Waals surface area contributed by atoms with E-state index < -0.39 is 12.2 Å². The van der Waals surface area contributed by atoms with Gasteiger partial charge in [-0.25, -0.2) is 0 Å². The maximum absolute atomic E-state index is 11.5. The van der Waals surface area contributed by atoms with Crippen LogP contribution >= 0.6 is 0 Å². The Labute approximate surface area is 388 Å². The molecule has 0 amide bonds. The highest BCUT2D eigenvalue weighted by molar-refractivity contribution is 5.77. The van der Waals surface area contributed by atoms with Gasteiger partial charge in [0.15, 0.2) is 17.5 Å². The van der Waals surface area contributed by atoms with Crippen LogP contribution in [0.2, 0.25) is 0 Å². The summed E-state index contributed by atoms with van der Waals surface area (Å²) in [5, 5.41) is 53.1. The first-order valence-electron chi connectivity index (χ1n) is 25.3. The number of aliphatic hydroxyl groups is 3. The van der Waals surface area contributed by atoms with Crippen molar-refractivity contribution in [2.75, 3.05) is 40.3 Å². The minimum absolute atomic E-state index is 0.00726. The first-order valence-corrected chi connectivity index (χ1v) is 25.3. The van der Waals surface area contributed by atoms with Gasteiger partial charge in [-0.2, -0.15) is 0 Å². The molecule has 0 spiro atoms. The summed E-state index contributed by atoms with van der Waals surface area (Å²) < 4.78 is 12.6. The number of aromatic amines is 1. The smallest absolute Gasteiger partial charge is 0.188 e. The number of fused-ring (bicyclic) bond motifs is 4. The number of nitrogens with two attached hydrogens (primary N) is 2. The fraction of sp³-hybridized carbons (Fsp3) is 0.712. The number of aliphatic imine (C=N–C) groups is 1. The summed E-state index contributed by atoms with van der Waals surface area (Å²) in [6.45, 7) is 6.24. The van der Waals surface area contributed by atoms with Crippen molar-refractivity contribution in [3.63, 3.8) is 0 Å². The maximum atomic E-state index is 11.5. The molecule has 12 N–H and O–H groups in total. The Bertz CT molecular complexity index is 1960. The van der Waals surface area contributed by atoms with Crippen molar-refractivity contribution >= 4 is 5.96 Å². The number of nitrogens with one attached hydrogen (secondary N) is 4. The van der Waals surface area contributed by atoms with Gasteiger partial charge in [0.05, 0.1) is 12.7 Å². The fourth-order valence-electron chi connectivity index (χ4n) is 12.6. The Morgan fingerprint density at radius 2 is 1.78 bits per heavy atom. The quantitative estimate of drug-likeness (QED) is 0.0395. The molecule has 0 unspecified atom stereocenters. The minimum Gasteiger partial charge on any atom is -0.504 e. The molecule has 2 heterocycles. The van der Waals surface area contributed by atoms with Gasteiger partial charge in [0.1, 0.15) is 24.2 Å². The van der Waals surface area contributed by atoms with Crippen LogP contribution in [0, 0.1) is 41.4 Å². The molecule has 3 fully saturated rings. The van der Waals surface area contributed by atoms with Gasteiger partial charge in [-0.15, -0.1) is 0 Å². The predicted octanol–water partition coefficient (Wildman–Crippen LogP) is 6.36. The van der Waals surface area contributed by atoms with Gasteiger partial charge in [-0.3, -0.25) is 4.99 Å². The molecule has 0 aliphatic heterocycles. The third-order valence-electron chi connectivity index (χ3n) is 16.0. The van der Waals surface area contributed by atoms with Gasteiger partial charge in [0, 0.05) is 74.5 Å². The molecule has 13 heteroatoms. The van der Waals surface area contributed by atoms with Gasteiger partial charge in [-0.1, -0.05) is 32.3 Å². The highest BCUT2D eigenvalue weighted by Crippen LogP contribution is 2.50. The van der Waals surface area contributed by atoms with Crippen molar-refractivity contribution in [3.05, 3.63) is 69.9 Å². The molecule has 2 bridgehead atoms. The van der Waals surface area contributed by atoms with E-state index in [2.05, 4.69) is 38.9 Å². The number of guanidine groups is 1. The number of hydrogen-bond donors (Lipinski definition) is 10. The molecular formula is C52H83N7O6. The summed E-state index contributed by atoms with van der Waals surface area (Å²) in [5.74, 6) is 7.35. The van der Waals surface area contributed by atoms with E-state index in [1.54, 1.807) is 13.1 Å². The van der Waals surface area contributed by atoms with Crippen LogP contribution in [0.1, 0.15) is 143 Å². The van der Waals surface area contributed by atoms with Gasteiger partial charge in [0.25, 0.3) is 0 Å². The molecular weight excluding hydrogens is 819 g/mol. The molecule has 362 valence electrons. The number of aliphatic hydroxyl groups excluding tert-OH is 3. The van der Waals surface area contributed by atoms with E-state index in [-0.39, 0.29) is 30.9 Å². The van der Waals surface area contributed by atoms with E-state index in [4.69, 9.17) is 20.6 Å². The number of phenols is 1. The van der Waals surface area contributed by atoms with Crippen LogP contribution in [0.3, 0.4) is 0 Å². The summed E-state index contributed by atoms with van der Waals surface area (Å²) in [6.07, 6.45) is 16.0. The van der Waals surface area contributed by atoms with E-state index in [9.17, 15) is 20.4 Å². The number of ether oxygens (including phenoxy) is 1. The molecule has 3 aromatic rings. The molecule has 13 nitrogen and oxygen atoms in total. The zero-order valence-electron chi connectivity index (χ0n) is 39.9. The highest BCUT2D eigenvalue weighted by atomic mass is 16.5. The van der Waals surface area contributed by atoms with E-state index in [1.807, 2.05) is 32.2 Å². The third-order valence-corrected chi connectivity index (χ3v) is 16.0. The number of nitrogens with zero attached hydrogens (tertiary/aromatic N) is 1. The van der Waals surface area contributed by atoms with Gasteiger partial charge in [0.2, 0.25) is 0 Å². The number of rotatable bonds is 22. The number of likely N-dealkylation sites (N-methyl/N-ethyl adjacent to an activating group) is 1. The lowest BCUT2D eigenvalue weighted by Crippen LogP contribution is -2.47. The van der Waals surface area contributed by atoms with E-state index in [0.29, 0.717) is 72.6 Å². The summed E-state index contributed by atoms with van der Waals surface area (Å²) in [7, 11) is 3.70. The molecule has 65 heavy (non-hydrogen) atoms. The van der Waals surface area contributed by atoms with Crippen LogP contribution < -0.4 is 32.2 Å². The number of phenolic OH excluding ortho intramolecular Hbond substituents is 1. The van der Waals surface area contributed by atoms with Crippen LogP contribution in [0.25, 0.3) is 0 Å². The average molecular weight is 902 g/mol. The molecule has 3 saturated carbocycles. The Morgan fingerprint density at radius 1 is 0.954 bits per heavy atom. The number of aromatic nitrogens is 1.